The summed E-state index contributed by atoms with van der Waals surface area (Å²) in [5, 5.41) is 14.7. The summed E-state index contributed by atoms with van der Waals surface area (Å²) in [5.74, 6) is -0.262. The molecule has 0 radical (unpaired) electrons. The van der Waals surface area contributed by atoms with E-state index in [4.69, 9.17) is 11.6 Å². The fourth-order valence-corrected chi connectivity index (χ4v) is 2.37. The third-order valence-corrected chi connectivity index (χ3v) is 3.74. The molecule has 0 unspecified atom stereocenters. The number of carbonyl (C=O) groups is 1. The Labute approximate surface area is 144 Å². The van der Waals surface area contributed by atoms with E-state index < -0.39 is 4.92 Å². The van der Waals surface area contributed by atoms with Crippen molar-refractivity contribution >= 4 is 29.4 Å². The summed E-state index contributed by atoms with van der Waals surface area (Å²) in [4.78, 5) is 22.2. The number of nitro benzene ring substituents is 1. The van der Waals surface area contributed by atoms with E-state index >= 15 is 0 Å². The summed E-state index contributed by atoms with van der Waals surface area (Å²) in [6, 6.07) is 10.2. The van der Waals surface area contributed by atoms with Crippen LogP contribution in [0.2, 0.25) is 5.02 Å². The van der Waals surface area contributed by atoms with Crippen molar-refractivity contribution in [2.75, 3.05) is 0 Å². The maximum absolute atomic E-state index is 11.9. The normalized spacial score (nSPS) is 10.8. The van der Waals surface area contributed by atoms with Crippen LogP contribution in [0.15, 0.2) is 41.5 Å². The van der Waals surface area contributed by atoms with E-state index in [9.17, 15) is 14.9 Å². The van der Waals surface area contributed by atoms with Crippen LogP contribution >= 0.6 is 11.6 Å². The predicted molar refractivity (Wildman–Crippen MR) is 93.5 cm³/mol. The van der Waals surface area contributed by atoms with Gasteiger partial charge in [0.1, 0.15) is 5.02 Å². The van der Waals surface area contributed by atoms with Gasteiger partial charge in [0.25, 0.3) is 5.69 Å². The van der Waals surface area contributed by atoms with E-state index in [1.807, 2.05) is 32.0 Å². The first-order valence-corrected chi connectivity index (χ1v) is 7.56. The smallest absolute Gasteiger partial charge is 0.273 e. The zero-order valence-electron chi connectivity index (χ0n) is 13.2. The summed E-state index contributed by atoms with van der Waals surface area (Å²) < 4.78 is 0. The van der Waals surface area contributed by atoms with Gasteiger partial charge in [-0.15, -0.1) is 0 Å². The van der Waals surface area contributed by atoms with Gasteiger partial charge in [-0.25, -0.2) is 5.43 Å². The van der Waals surface area contributed by atoms with Gasteiger partial charge in [0, 0.05) is 11.6 Å². The van der Waals surface area contributed by atoms with Crippen LogP contribution in [0.4, 0.5) is 5.69 Å². The zero-order valence-corrected chi connectivity index (χ0v) is 14.0. The average Bonchev–Trinajstić information content (AvgIpc) is 2.51. The molecular weight excluding hydrogens is 330 g/mol. The molecule has 0 atom stereocenters. The fraction of sp³-hybridized carbons (Fsp3) is 0.176. The Morgan fingerprint density at radius 2 is 2.04 bits per heavy atom. The number of amides is 1. The van der Waals surface area contributed by atoms with Crippen molar-refractivity contribution in [3.63, 3.8) is 0 Å². The van der Waals surface area contributed by atoms with Crippen molar-refractivity contribution < 1.29 is 9.72 Å². The predicted octanol–water partition coefficient (Wildman–Crippen LogP) is 3.56. The molecule has 7 heteroatoms. The zero-order chi connectivity index (χ0) is 17.7. The minimum absolute atomic E-state index is 0.0519. The van der Waals surface area contributed by atoms with Gasteiger partial charge in [-0.3, -0.25) is 14.9 Å². The van der Waals surface area contributed by atoms with Crippen molar-refractivity contribution in [2.24, 2.45) is 5.10 Å². The Morgan fingerprint density at radius 1 is 1.29 bits per heavy atom. The minimum Gasteiger partial charge on any atom is -0.273 e. The summed E-state index contributed by atoms with van der Waals surface area (Å²) >= 11 is 5.74. The van der Waals surface area contributed by atoms with Crippen LogP contribution in [0.3, 0.4) is 0 Å². The average molecular weight is 346 g/mol. The molecule has 2 aromatic carbocycles. The van der Waals surface area contributed by atoms with Crippen LogP contribution in [0.1, 0.15) is 22.3 Å². The summed E-state index contributed by atoms with van der Waals surface area (Å²) in [6.07, 6.45) is 1.55. The Kier molecular flexibility index (Phi) is 5.65. The highest BCUT2D eigenvalue weighted by Gasteiger charge is 2.12. The highest BCUT2D eigenvalue weighted by Crippen LogP contribution is 2.24. The molecule has 0 aliphatic carbocycles. The van der Waals surface area contributed by atoms with E-state index in [1.54, 1.807) is 6.07 Å². The maximum atomic E-state index is 11.9. The quantitative estimate of drug-likeness (QED) is 0.511. The molecule has 24 heavy (non-hydrogen) atoms. The molecule has 0 saturated heterocycles. The van der Waals surface area contributed by atoms with Gasteiger partial charge in [0.05, 0.1) is 17.6 Å². The lowest BCUT2D eigenvalue weighted by Crippen LogP contribution is -2.20. The second-order valence-corrected chi connectivity index (χ2v) is 5.78. The molecule has 0 aliphatic heterocycles. The van der Waals surface area contributed by atoms with Gasteiger partial charge in [-0.1, -0.05) is 41.4 Å². The monoisotopic (exact) mass is 345 g/mol. The molecule has 0 aromatic heterocycles. The first kappa shape index (κ1) is 17.6. The molecule has 0 bridgehead atoms. The van der Waals surface area contributed by atoms with Crippen LogP contribution in [-0.2, 0) is 11.2 Å². The van der Waals surface area contributed by atoms with Crippen LogP contribution in [0, 0.1) is 24.0 Å². The van der Waals surface area contributed by atoms with Crippen LogP contribution in [0.25, 0.3) is 0 Å². The number of nitrogens with one attached hydrogen (secondary N) is 1. The Morgan fingerprint density at radius 3 is 2.71 bits per heavy atom. The van der Waals surface area contributed by atoms with Crippen LogP contribution < -0.4 is 5.43 Å². The van der Waals surface area contributed by atoms with Crippen LogP contribution in [0.5, 0.6) is 0 Å². The Bertz CT molecular complexity index is 819. The molecule has 0 spiro atoms. The topological polar surface area (TPSA) is 84.6 Å². The van der Waals surface area contributed by atoms with Crippen LogP contribution in [-0.4, -0.2) is 17.0 Å². The van der Waals surface area contributed by atoms with E-state index in [0.717, 1.165) is 16.7 Å². The molecule has 0 saturated carbocycles. The largest absolute Gasteiger partial charge is 0.288 e. The summed E-state index contributed by atoms with van der Waals surface area (Å²) in [7, 11) is 0. The first-order chi connectivity index (χ1) is 11.4. The number of nitrogens with zero attached hydrogens (tertiary/aromatic N) is 2. The van der Waals surface area contributed by atoms with Gasteiger partial charge in [0.15, 0.2) is 0 Å². The number of nitro groups is 1. The van der Waals surface area contributed by atoms with Gasteiger partial charge in [0.2, 0.25) is 5.91 Å². The molecule has 6 nitrogen and oxygen atoms in total. The fourth-order valence-electron chi connectivity index (χ4n) is 2.19. The molecule has 2 aromatic rings. The van der Waals surface area contributed by atoms with E-state index in [0.29, 0.717) is 5.56 Å². The van der Waals surface area contributed by atoms with Gasteiger partial charge in [-0.2, -0.15) is 5.10 Å². The number of hydrazone groups is 1. The maximum Gasteiger partial charge on any atom is 0.288 e. The summed E-state index contributed by atoms with van der Waals surface area (Å²) in [5.41, 5.74) is 5.78. The second kappa shape index (κ2) is 7.70. The van der Waals surface area contributed by atoms with Crippen molar-refractivity contribution in [2.45, 2.75) is 20.3 Å². The molecule has 1 amide bonds. The number of hydrogen-bond donors (Lipinski definition) is 1. The molecule has 0 fully saturated rings. The third-order valence-electron chi connectivity index (χ3n) is 3.42. The lowest BCUT2D eigenvalue weighted by atomic mass is 10.0. The molecule has 2 rings (SSSR count). The highest BCUT2D eigenvalue weighted by atomic mass is 35.5. The molecular formula is C17H16ClN3O3. The number of benzene rings is 2. The number of hydrogen-bond acceptors (Lipinski definition) is 4. The van der Waals surface area contributed by atoms with Gasteiger partial charge < -0.3 is 0 Å². The second-order valence-electron chi connectivity index (χ2n) is 5.37. The SMILES string of the molecule is Cc1ccc(CC(=O)N/N=C\c2ccc(Cl)c([N+](=O)[O-])c2)c(C)c1. The summed E-state index contributed by atoms with van der Waals surface area (Å²) in [6.45, 7) is 3.94. The minimum atomic E-state index is -0.571. The van der Waals surface area contributed by atoms with E-state index in [-0.39, 0.29) is 23.0 Å². The number of aryl methyl sites for hydroxylation is 2. The van der Waals surface area contributed by atoms with Crippen molar-refractivity contribution in [3.05, 3.63) is 73.8 Å². The number of rotatable bonds is 5. The number of carbonyl (C=O) groups excluding carboxylic acids is 1. The van der Waals surface area contributed by atoms with E-state index in [2.05, 4.69) is 10.5 Å². The van der Waals surface area contributed by atoms with Crippen molar-refractivity contribution in [1.29, 1.82) is 0 Å². The molecule has 0 aliphatic rings. The molecule has 1 N–H and O–H groups in total. The third kappa shape index (κ3) is 4.63. The Balaban J connectivity index is 2.00. The standard InChI is InChI=1S/C17H16ClN3O3/c1-11-3-5-14(12(2)7-11)9-17(22)20-19-10-13-4-6-15(18)16(8-13)21(23)24/h3-8,10H,9H2,1-2H3,(H,20,22)/b19-10-. The van der Waals surface area contributed by atoms with Gasteiger partial charge in [-0.05, 0) is 31.0 Å². The highest BCUT2D eigenvalue weighted by molar-refractivity contribution is 6.32. The lowest BCUT2D eigenvalue weighted by Gasteiger charge is -2.05. The van der Waals surface area contributed by atoms with Crippen molar-refractivity contribution in [1.82, 2.24) is 5.43 Å². The lowest BCUT2D eigenvalue weighted by molar-refractivity contribution is -0.384. The number of halogens is 1. The molecule has 0 heterocycles. The van der Waals surface area contributed by atoms with E-state index in [1.165, 1.54) is 18.3 Å². The first-order valence-electron chi connectivity index (χ1n) is 7.19. The Hall–Kier alpha value is -2.73. The molecule has 124 valence electrons. The van der Waals surface area contributed by atoms with Gasteiger partial charge >= 0.3 is 0 Å². The van der Waals surface area contributed by atoms with Crippen molar-refractivity contribution in [3.8, 4) is 0 Å².